The molecule has 3 rings (SSSR count). The molecule has 2 unspecified atom stereocenters. The van der Waals surface area contributed by atoms with Gasteiger partial charge in [0, 0.05) is 31.7 Å². The van der Waals surface area contributed by atoms with Gasteiger partial charge in [-0.25, -0.2) is 0 Å². The molecule has 9 heteroatoms. The number of sulfonamides is 1. The molecular weight excluding hydrogens is 394 g/mol. The highest BCUT2D eigenvalue weighted by Crippen LogP contribution is 2.30. The first-order valence-electron chi connectivity index (χ1n) is 9.84. The molecule has 0 spiro atoms. The summed E-state index contributed by atoms with van der Waals surface area (Å²) in [4.78, 5) is 28.6. The monoisotopic (exact) mass is 421 g/mol. The molecular formula is C20H27N3O5S. The maximum atomic E-state index is 13.1. The SMILES string of the molecule is CCN(CC(C)C(=O)OC)C(=O)C1CCCN(C2=NS(=O)(=O)c3ccccc32)C1. The number of likely N-dealkylation sites (tertiary alicyclic amines) is 1. The number of amidine groups is 1. The van der Waals surface area contributed by atoms with Crippen LogP contribution < -0.4 is 0 Å². The summed E-state index contributed by atoms with van der Waals surface area (Å²) < 4.78 is 33.5. The predicted octanol–water partition coefficient (Wildman–Crippen LogP) is 1.51. The van der Waals surface area contributed by atoms with Crippen molar-refractivity contribution in [2.75, 3.05) is 33.3 Å². The van der Waals surface area contributed by atoms with Gasteiger partial charge < -0.3 is 14.5 Å². The molecule has 1 fully saturated rings. The van der Waals surface area contributed by atoms with Gasteiger partial charge in [0.25, 0.3) is 10.0 Å². The summed E-state index contributed by atoms with van der Waals surface area (Å²) in [6, 6.07) is 6.77. The fraction of sp³-hybridized carbons (Fsp3) is 0.550. The molecule has 0 aromatic heterocycles. The lowest BCUT2D eigenvalue weighted by molar-refractivity contribution is -0.147. The molecule has 2 aliphatic rings. The third-order valence-electron chi connectivity index (χ3n) is 5.47. The highest BCUT2D eigenvalue weighted by molar-refractivity contribution is 7.90. The summed E-state index contributed by atoms with van der Waals surface area (Å²) >= 11 is 0. The van der Waals surface area contributed by atoms with E-state index >= 15 is 0 Å². The number of ether oxygens (including phenoxy) is 1. The molecule has 158 valence electrons. The number of piperidine rings is 1. The van der Waals surface area contributed by atoms with Crippen LogP contribution in [0.2, 0.25) is 0 Å². The van der Waals surface area contributed by atoms with Crippen molar-refractivity contribution >= 4 is 27.7 Å². The van der Waals surface area contributed by atoms with Crippen LogP contribution in [0.4, 0.5) is 0 Å². The number of benzene rings is 1. The first kappa shape index (κ1) is 21.3. The fourth-order valence-corrected chi connectivity index (χ4v) is 5.15. The van der Waals surface area contributed by atoms with E-state index in [0.29, 0.717) is 37.6 Å². The van der Waals surface area contributed by atoms with Crippen molar-refractivity contribution in [1.82, 2.24) is 9.80 Å². The lowest BCUT2D eigenvalue weighted by atomic mass is 9.95. The zero-order chi connectivity index (χ0) is 21.2. The number of nitrogens with zero attached hydrogens (tertiary/aromatic N) is 3. The molecule has 0 N–H and O–H groups in total. The summed E-state index contributed by atoms with van der Waals surface area (Å²) in [5, 5.41) is 0. The Balaban J connectivity index is 1.76. The van der Waals surface area contributed by atoms with Crippen molar-refractivity contribution < 1.29 is 22.7 Å². The van der Waals surface area contributed by atoms with Gasteiger partial charge in [-0.2, -0.15) is 8.42 Å². The molecule has 8 nitrogen and oxygen atoms in total. The van der Waals surface area contributed by atoms with Crippen molar-refractivity contribution in [3.05, 3.63) is 29.8 Å². The van der Waals surface area contributed by atoms with E-state index in [1.807, 2.05) is 11.8 Å². The maximum Gasteiger partial charge on any atom is 0.310 e. The normalized spacial score (nSPS) is 21.1. The molecule has 1 aromatic rings. The zero-order valence-corrected chi connectivity index (χ0v) is 17.8. The van der Waals surface area contributed by atoms with E-state index in [0.717, 1.165) is 12.8 Å². The van der Waals surface area contributed by atoms with Crippen LogP contribution in [0.5, 0.6) is 0 Å². The summed E-state index contributed by atoms with van der Waals surface area (Å²) in [5.41, 5.74) is 0.590. The molecule has 0 saturated carbocycles. The summed E-state index contributed by atoms with van der Waals surface area (Å²) in [6.07, 6.45) is 1.49. The molecule has 0 radical (unpaired) electrons. The Bertz CT molecular complexity index is 928. The molecule has 2 atom stereocenters. The number of esters is 1. The quantitative estimate of drug-likeness (QED) is 0.669. The predicted molar refractivity (Wildman–Crippen MR) is 108 cm³/mol. The van der Waals surface area contributed by atoms with E-state index in [2.05, 4.69) is 4.40 Å². The van der Waals surface area contributed by atoms with Gasteiger partial charge in [0.15, 0.2) is 5.84 Å². The van der Waals surface area contributed by atoms with Gasteiger partial charge in [-0.15, -0.1) is 4.40 Å². The van der Waals surface area contributed by atoms with E-state index < -0.39 is 15.9 Å². The fourth-order valence-electron chi connectivity index (χ4n) is 3.93. The second-order valence-electron chi connectivity index (χ2n) is 7.47. The molecule has 1 aromatic carbocycles. The standard InChI is InChI=1S/C20H27N3O5S/c1-4-22(12-14(2)20(25)28-3)19(24)15-8-7-11-23(13-15)18-16-9-5-6-10-17(16)29(26,27)21-18/h5-6,9-10,14-15H,4,7-8,11-13H2,1-3H3. The highest BCUT2D eigenvalue weighted by Gasteiger charge is 2.36. The van der Waals surface area contributed by atoms with Crippen LogP contribution in [-0.4, -0.2) is 69.2 Å². The first-order valence-corrected chi connectivity index (χ1v) is 11.3. The number of rotatable bonds is 5. The number of carbonyl (C=O) groups is 2. The van der Waals surface area contributed by atoms with Gasteiger partial charge in [0.05, 0.1) is 18.9 Å². The van der Waals surface area contributed by atoms with Crippen molar-refractivity contribution in [3.8, 4) is 0 Å². The van der Waals surface area contributed by atoms with Gasteiger partial charge in [0.2, 0.25) is 5.91 Å². The molecule has 1 amide bonds. The average molecular weight is 422 g/mol. The van der Waals surface area contributed by atoms with Crippen LogP contribution in [0.1, 0.15) is 32.3 Å². The molecule has 2 aliphatic heterocycles. The zero-order valence-electron chi connectivity index (χ0n) is 17.0. The molecule has 0 aliphatic carbocycles. The molecule has 1 saturated heterocycles. The first-order chi connectivity index (χ1) is 13.8. The second kappa shape index (κ2) is 8.52. The summed E-state index contributed by atoms with van der Waals surface area (Å²) in [5.74, 6) is -0.623. The highest BCUT2D eigenvalue weighted by atomic mass is 32.2. The van der Waals surface area contributed by atoms with E-state index in [1.54, 1.807) is 36.1 Å². The van der Waals surface area contributed by atoms with Crippen molar-refractivity contribution in [1.29, 1.82) is 0 Å². The van der Waals surface area contributed by atoms with Crippen molar-refractivity contribution in [2.24, 2.45) is 16.2 Å². The van der Waals surface area contributed by atoms with Crippen molar-refractivity contribution in [3.63, 3.8) is 0 Å². The Morgan fingerprint density at radius 1 is 1.34 bits per heavy atom. The summed E-state index contributed by atoms with van der Waals surface area (Å²) in [6.45, 7) is 5.48. The van der Waals surface area contributed by atoms with Gasteiger partial charge in [-0.3, -0.25) is 9.59 Å². The second-order valence-corrected chi connectivity index (χ2v) is 9.04. The van der Waals surface area contributed by atoms with E-state index in [4.69, 9.17) is 4.74 Å². The average Bonchev–Trinajstić information content (AvgIpc) is 3.02. The Morgan fingerprint density at radius 2 is 2.07 bits per heavy atom. The number of hydrogen-bond donors (Lipinski definition) is 0. The lowest BCUT2D eigenvalue weighted by Gasteiger charge is -2.36. The Morgan fingerprint density at radius 3 is 2.76 bits per heavy atom. The van der Waals surface area contributed by atoms with Crippen LogP contribution in [0.25, 0.3) is 0 Å². The molecule has 2 heterocycles. The Kier molecular flexibility index (Phi) is 6.26. The van der Waals surface area contributed by atoms with Crippen molar-refractivity contribution in [2.45, 2.75) is 31.6 Å². The smallest absolute Gasteiger partial charge is 0.310 e. The minimum absolute atomic E-state index is 0.0253. The minimum atomic E-state index is -3.69. The molecule has 29 heavy (non-hydrogen) atoms. The lowest BCUT2D eigenvalue weighted by Crippen LogP contribution is -2.48. The number of methoxy groups -OCH3 is 1. The van der Waals surface area contributed by atoms with E-state index in [-0.39, 0.29) is 22.7 Å². The third-order valence-corrected chi connectivity index (χ3v) is 6.80. The van der Waals surface area contributed by atoms with Gasteiger partial charge >= 0.3 is 5.97 Å². The van der Waals surface area contributed by atoms with Crippen LogP contribution in [0.3, 0.4) is 0 Å². The number of carbonyl (C=O) groups excluding carboxylic acids is 2. The van der Waals surface area contributed by atoms with E-state index in [1.165, 1.54) is 7.11 Å². The van der Waals surface area contributed by atoms with Gasteiger partial charge in [-0.1, -0.05) is 19.1 Å². The number of fused-ring (bicyclic) bond motifs is 1. The number of amides is 1. The Labute approximate surface area is 171 Å². The van der Waals surface area contributed by atoms with E-state index in [9.17, 15) is 18.0 Å². The van der Waals surface area contributed by atoms with Crippen LogP contribution >= 0.6 is 0 Å². The summed E-state index contributed by atoms with van der Waals surface area (Å²) in [7, 11) is -2.35. The van der Waals surface area contributed by atoms with Crippen LogP contribution in [0, 0.1) is 11.8 Å². The molecule has 0 bridgehead atoms. The number of hydrogen-bond acceptors (Lipinski definition) is 6. The van der Waals surface area contributed by atoms with Gasteiger partial charge in [-0.05, 0) is 31.9 Å². The largest absolute Gasteiger partial charge is 0.469 e. The third kappa shape index (κ3) is 4.29. The minimum Gasteiger partial charge on any atom is -0.469 e. The van der Waals surface area contributed by atoms with Crippen LogP contribution in [0.15, 0.2) is 33.6 Å². The maximum absolute atomic E-state index is 13.1. The van der Waals surface area contributed by atoms with Crippen LogP contribution in [-0.2, 0) is 24.3 Å². The topological polar surface area (TPSA) is 96.3 Å². The van der Waals surface area contributed by atoms with Gasteiger partial charge in [0.1, 0.15) is 4.90 Å². The Hall–Kier alpha value is -2.42.